The van der Waals surface area contributed by atoms with E-state index in [1.54, 1.807) is 0 Å². The molecule has 0 aromatic rings. The molecule has 100 valence electrons. The van der Waals surface area contributed by atoms with Crippen molar-refractivity contribution in [2.45, 2.75) is 34.6 Å². The molecule has 0 saturated heterocycles. The van der Waals surface area contributed by atoms with Crippen molar-refractivity contribution in [3.8, 4) is 0 Å². The highest BCUT2D eigenvalue weighted by atomic mass is 28.3. The van der Waals surface area contributed by atoms with Crippen LogP contribution in [0.1, 0.15) is 34.6 Å². The van der Waals surface area contributed by atoms with Gasteiger partial charge in [0.2, 0.25) is 0 Å². The van der Waals surface area contributed by atoms with Crippen molar-refractivity contribution in [3.05, 3.63) is 0 Å². The van der Waals surface area contributed by atoms with Crippen LogP contribution in [-0.4, -0.2) is 54.4 Å². The molecule has 0 atom stereocenters. The maximum absolute atomic E-state index is 5.22. The van der Waals surface area contributed by atoms with Gasteiger partial charge in [-0.05, 0) is 40.9 Å². The Morgan fingerprint density at radius 2 is 1.06 bits per heavy atom. The number of hydrogen-bond acceptors (Lipinski definition) is 4. The van der Waals surface area contributed by atoms with E-state index in [0.29, 0.717) is 19.8 Å². The monoisotopic (exact) mass is 251 g/mol. The molecule has 0 spiro atoms. The van der Waals surface area contributed by atoms with E-state index in [-0.39, 0.29) is 0 Å². The molecule has 0 aromatic carbocycles. The molecule has 5 heteroatoms. The van der Waals surface area contributed by atoms with Crippen LogP contribution < -0.4 is 0 Å². The Bertz CT molecular complexity index is 110. The fourth-order valence-electron chi connectivity index (χ4n) is 0.776. The summed E-state index contributed by atoms with van der Waals surface area (Å²) >= 11 is 0. The van der Waals surface area contributed by atoms with E-state index in [2.05, 4.69) is 25.8 Å². The molecule has 0 radical (unpaired) electrons. The maximum Gasteiger partial charge on any atom is 0.484 e. The normalized spacial score (nSPS) is 10.5. The Morgan fingerprint density at radius 1 is 0.750 bits per heavy atom. The summed E-state index contributed by atoms with van der Waals surface area (Å²) in [5.74, 6) is 0. The zero-order chi connectivity index (χ0) is 12.8. The third-order valence-corrected chi connectivity index (χ3v) is 3.80. The molecule has 0 heterocycles. The Kier molecular flexibility index (Phi) is 17.3. The highest BCUT2D eigenvalue weighted by Gasteiger charge is 2.11. The van der Waals surface area contributed by atoms with E-state index in [9.17, 15) is 0 Å². The van der Waals surface area contributed by atoms with E-state index in [4.69, 9.17) is 13.3 Å². The number of hydrogen-bond donors (Lipinski definition) is 0. The summed E-state index contributed by atoms with van der Waals surface area (Å²) in [6, 6.07) is 0. The molecule has 0 saturated carbocycles. The van der Waals surface area contributed by atoms with Crippen LogP contribution >= 0.6 is 0 Å². The van der Waals surface area contributed by atoms with E-state index < -0.39 is 9.53 Å². The van der Waals surface area contributed by atoms with Gasteiger partial charge in [0, 0.05) is 19.8 Å². The minimum atomic E-state index is -1.73. The minimum absolute atomic E-state index is 0.677. The van der Waals surface area contributed by atoms with Crippen LogP contribution in [0.15, 0.2) is 0 Å². The third-order valence-electron chi connectivity index (χ3n) is 1.99. The lowest BCUT2D eigenvalue weighted by atomic mass is 10.6. The summed E-state index contributed by atoms with van der Waals surface area (Å²) < 4.78 is 15.7. The summed E-state index contributed by atoms with van der Waals surface area (Å²) in [5.41, 5.74) is 0. The van der Waals surface area contributed by atoms with Crippen LogP contribution in [0.5, 0.6) is 0 Å². The Morgan fingerprint density at radius 3 is 1.19 bits per heavy atom. The molecule has 0 unspecified atom stereocenters. The molecule has 0 aliphatic heterocycles. The van der Waals surface area contributed by atoms with Gasteiger partial charge in [0.1, 0.15) is 0 Å². The van der Waals surface area contributed by atoms with Crippen molar-refractivity contribution in [1.82, 2.24) is 4.90 Å². The molecule has 16 heavy (non-hydrogen) atoms. The second-order valence-electron chi connectivity index (χ2n) is 3.14. The van der Waals surface area contributed by atoms with Gasteiger partial charge in [-0.15, -0.1) is 0 Å². The first-order valence-electron chi connectivity index (χ1n) is 6.19. The van der Waals surface area contributed by atoms with Gasteiger partial charge >= 0.3 is 9.53 Å². The Labute approximate surface area is 103 Å². The average molecular weight is 251 g/mol. The molecule has 0 amide bonds. The standard InChI is InChI=1S/C6H16O3Si.C5H13N/c1-4-7-10(8-5-2)9-6-3;1-4-6(3)5-2/h10H,4-6H2,1-3H3;4-5H2,1-3H3. The van der Waals surface area contributed by atoms with Crippen molar-refractivity contribution >= 4 is 9.53 Å². The second kappa shape index (κ2) is 15.1. The molecule has 0 rings (SSSR count). The Balaban J connectivity index is 0. The Hall–Kier alpha value is 0.0569. The van der Waals surface area contributed by atoms with Crippen LogP contribution in [0.4, 0.5) is 0 Å². The van der Waals surface area contributed by atoms with Gasteiger partial charge in [0.25, 0.3) is 0 Å². The van der Waals surface area contributed by atoms with Crippen molar-refractivity contribution in [3.63, 3.8) is 0 Å². The predicted octanol–water partition coefficient (Wildman–Crippen LogP) is 1.77. The molecular formula is C11H29NO3Si. The van der Waals surface area contributed by atoms with Gasteiger partial charge in [-0.25, -0.2) is 0 Å². The van der Waals surface area contributed by atoms with Gasteiger partial charge < -0.3 is 18.2 Å². The molecule has 0 aliphatic carbocycles. The highest BCUT2D eigenvalue weighted by molar-refractivity contribution is 6.36. The lowest BCUT2D eigenvalue weighted by molar-refractivity contribution is 0.107. The number of rotatable bonds is 8. The third kappa shape index (κ3) is 14.1. The van der Waals surface area contributed by atoms with Crippen LogP contribution in [-0.2, 0) is 13.3 Å². The van der Waals surface area contributed by atoms with Crippen LogP contribution in [0, 0.1) is 0 Å². The quantitative estimate of drug-likeness (QED) is 0.615. The first kappa shape index (κ1) is 18.4. The smallest absolute Gasteiger partial charge is 0.376 e. The maximum atomic E-state index is 5.22. The molecule has 4 nitrogen and oxygen atoms in total. The number of nitrogens with zero attached hydrogens (tertiary/aromatic N) is 1. The van der Waals surface area contributed by atoms with E-state index in [1.165, 1.54) is 0 Å². The van der Waals surface area contributed by atoms with Crippen molar-refractivity contribution < 1.29 is 13.3 Å². The fourth-order valence-corrected chi connectivity index (χ4v) is 1.88. The lowest BCUT2D eigenvalue weighted by Crippen LogP contribution is -2.27. The largest absolute Gasteiger partial charge is 0.484 e. The van der Waals surface area contributed by atoms with Gasteiger partial charge in [-0.2, -0.15) is 0 Å². The molecule has 0 aromatic heterocycles. The fraction of sp³-hybridized carbons (Fsp3) is 1.00. The molecule has 0 fully saturated rings. The van der Waals surface area contributed by atoms with Crippen LogP contribution in [0.3, 0.4) is 0 Å². The minimum Gasteiger partial charge on any atom is -0.376 e. The van der Waals surface area contributed by atoms with Gasteiger partial charge in [0.15, 0.2) is 0 Å². The van der Waals surface area contributed by atoms with Crippen molar-refractivity contribution in [1.29, 1.82) is 0 Å². The predicted molar refractivity (Wildman–Crippen MR) is 70.9 cm³/mol. The topological polar surface area (TPSA) is 30.9 Å². The molecule has 0 aliphatic rings. The van der Waals surface area contributed by atoms with Gasteiger partial charge in [-0.1, -0.05) is 13.8 Å². The summed E-state index contributed by atoms with van der Waals surface area (Å²) in [4.78, 5) is 2.25. The highest BCUT2D eigenvalue weighted by Crippen LogP contribution is 1.91. The molecule has 0 bridgehead atoms. The van der Waals surface area contributed by atoms with E-state index >= 15 is 0 Å². The van der Waals surface area contributed by atoms with Crippen LogP contribution in [0.25, 0.3) is 0 Å². The van der Waals surface area contributed by atoms with Crippen molar-refractivity contribution in [2.24, 2.45) is 0 Å². The first-order valence-corrected chi connectivity index (χ1v) is 7.60. The zero-order valence-electron chi connectivity index (χ0n) is 11.8. The zero-order valence-corrected chi connectivity index (χ0v) is 12.9. The summed E-state index contributed by atoms with van der Waals surface area (Å²) in [7, 11) is 0.377. The second-order valence-corrected chi connectivity index (χ2v) is 4.72. The lowest BCUT2D eigenvalue weighted by Gasteiger charge is -2.12. The van der Waals surface area contributed by atoms with Crippen LogP contribution in [0.2, 0.25) is 0 Å². The average Bonchev–Trinajstić information content (AvgIpc) is 2.30. The molecule has 0 N–H and O–H groups in total. The van der Waals surface area contributed by atoms with Gasteiger partial charge in [0.05, 0.1) is 0 Å². The van der Waals surface area contributed by atoms with Gasteiger partial charge in [-0.3, -0.25) is 0 Å². The summed E-state index contributed by atoms with van der Waals surface area (Å²) in [6.45, 7) is 14.5. The van der Waals surface area contributed by atoms with Crippen molar-refractivity contribution in [2.75, 3.05) is 40.0 Å². The van der Waals surface area contributed by atoms with E-state index in [0.717, 1.165) is 13.1 Å². The van der Waals surface area contributed by atoms with E-state index in [1.807, 2.05) is 20.8 Å². The first-order chi connectivity index (χ1) is 7.65. The summed E-state index contributed by atoms with van der Waals surface area (Å²) in [6.07, 6.45) is 0. The SMILES string of the molecule is CCN(C)CC.CCO[SiH](OCC)OCC. The molecular weight excluding hydrogens is 222 g/mol. The summed E-state index contributed by atoms with van der Waals surface area (Å²) in [5, 5.41) is 0.